The van der Waals surface area contributed by atoms with Crippen molar-refractivity contribution in [2.45, 2.75) is 25.7 Å². The van der Waals surface area contributed by atoms with Crippen LogP contribution in [0, 0.1) is 22.5 Å². The fourth-order valence-electron chi connectivity index (χ4n) is 4.70. The number of carbonyl (C=O) groups excluding carboxylic acids is 1. The molecule has 1 unspecified atom stereocenters. The van der Waals surface area contributed by atoms with E-state index in [-0.39, 0.29) is 16.8 Å². The van der Waals surface area contributed by atoms with Crippen molar-refractivity contribution in [3.63, 3.8) is 0 Å². The number of halogens is 2. The Hall–Kier alpha value is -4.02. The second kappa shape index (κ2) is 13.9. The van der Waals surface area contributed by atoms with Crippen molar-refractivity contribution in [3.05, 3.63) is 106 Å². The van der Waals surface area contributed by atoms with Crippen molar-refractivity contribution >= 4 is 23.8 Å². The zero-order chi connectivity index (χ0) is 28.7. The van der Waals surface area contributed by atoms with E-state index in [4.69, 9.17) is 20.7 Å². The molecule has 1 atom stereocenters. The van der Waals surface area contributed by atoms with Crippen molar-refractivity contribution < 1.29 is 44.9 Å². The summed E-state index contributed by atoms with van der Waals surface area (Å²) in [5.74, 6) is -1.91. The summed E-state index contributed by atoms with van der Waals surface area (Å²) in [5.41, 5.74) is 4.04. The molecule has 4 rings (SSSR count). The number of anilines is 1. The van der Waals surface area contributed by atoms with E-state index in [1.807, 2.05) is 18.2 Å². The minimum atomic E-state index is -0.849. The summed E-state index contributed by atoms with van der Waals surface area (Å²) in [4.78, 5) is 13.1. The average Bonchev–Trinajstić information content (AvgIpc) is 3.17. The summed E-state index contributed by atoms with van der Waals surface area (Å²) in [5, 5.41) is 23.2. The number of allylic oxidation sites excluding steroid dienone is 2. The number of benzene rings is 3. The first kappa shape index (κ1) is 32.2. The summed E-state index contributed by atoms with van der Waals surface area (Å²) >= 11 is 0. The fourth-order valence-corrected chi connectivity index (χ4v) is 4.70. The number of aliphatic hydroxyl groups is 1. The second-order valence-electron chi connectivity index (χ2n) is 9.02. The van der Waals surface area contributed by atoms with Gasteiger partial charge in [0.15, 0.2) is 11.6 Å². The smallest absolute Gasteiger partial charge is 0.337 e. The minimum Gasteiger partial charge on any atom is -0.497 e. The molecule has 3 aromatic rings. The number of fused-ring (bicyclic) bond motifs is 1. The monoisotopic (exact) mass is 594 g/mol. The van der Waals surface area contributed by atoms with E-state index in [9.17, 15) is 13.6 Å². The third-order valence-electron chi connectivity index (χ3n) is 6.62. The summed E-state index contributed by atoms with van der Waals surface area (Å²) in [6.45, 7) is 4.86. The van der Waals surface area contributed by atoms with E-state index >= 15 is 0 Å². The van der Waals surface area contributed by atoms with Crippen molar-refractivity contribution in [2.75, 3.05) is 25.7 Å². The SMILES string of the molecule is CCN1/C(=C\C=N)C(C)(Cc2ccc(F)c(F)c2)c2cc(OC)ccc21.COC(=O)c1ccc(C(=N)O)cc1.[Co]. The van der Waals surface area contributed by atoms with Crippen molar-refractivity contribution in [1.29, 1.82) is 10.8 Å². The van der Waals surface area contributed by atoms with Crippen LogP contribution in [-0.4, -0.2) is 44.0 Å². The van der Waals surface area contributed by atoms with Crippen LogP contribution in [0.5, 0.6) is 5.75 Å². The summed E-state index contributed by atoms with van der Waals surface area (Å²) in [6.07, 6.45) is 3.53. The molecule has 213 valence electrons. The van der Waals surface area contributed by atoms with E-state index in [0.717, 1.165) is 35.3 Å². The number of likely N-dealkylation sites (N-methyl/N-ethyl adjacent to an activating group) is 1. The Morgan fingerprint density at radius 1 is 1.02 bits per heavy atom. The number of esters is 1. The molecule has 0 aromatic heterocycles. The number of nitrogens with zero attached hydrogens (tertiary/aromatic N) is 1. The molecule has 10 heteroatoms. The molecule has 1 aliphatic heterocycles. The molecule has 0 fully saturated rings. The molecule has 0 aliphatic carbocycles. The van der Waals surface area contributed by atoms with Crippen molar-refractivity contribution in [1.82, 2.24) is 0 Å². The quantitative estimate of drug-likeness (QED) is 0.172. The van der Waals surface area contributed by atoms with Gasteiger partial charge < -0.3 is 24.9 Å². The standard InChI is InChI=1S/C21H22F2N2O.C9H9NO3.Co/c1-4-25-19-8-6-15(26-3)12-16(19)21(2,20(25)9-10-24)13-14-5-7-17(22)18(23)11-14;1-13-9(12)7-4-2-6(3-5-7)8(10)11;/h5-12,24H,4,13H2,1-3H3;2-5H,1H3,(H2,10,11);/b20-9-,24-10?;;. The van der Waals surface area contributed by atoms with Gasteiger partial charge in [-0.05, 0) is 92.1 Å². The number of carbonyl (C=O) groups is 1. The maximum atomic E-state index is 13.7. The van der Waals surface area contributed by atoms with Gasteiger partial charge in [0.2, 0.25) is 5.90 Å². The molecular weight excluding hydrogens is 563 g/mol. The van der Waals surface area contributed by atoms with E-state index < -0.39 is 28.9 Å². The summed E-state index contributed by atoms with van der Waals surface area (Å²) < 4.78 is 36.9. The molecule has 0 bridgehead atoms. The number of hydrogen-bond acceptors (Lipinski definition) is 6. The molecule has 0 saturated carbocycles. The predicted molar refractivity (Wildman–Crippen MR) is 148 cm³/mol. The molecule has 0 amide bonds. The number of aliphatic hydroxyl groups excluding tert-OH is 1. The van der Waals surface area contributed by atoms with E-state index in [2.05, 4.69) is 23.5 Å². The molecule has 3 N–H and O–H groups in total. The van der Waals surface area contributed by atoms with Gasteiger partial charge in [-0.2, -0.15) is 0 Å². The van der Waals surface area contributed by atoms with Crippen LogP contribution < -0.4 is 9.64 Å². The number of rotatable bonds is 7. The van der Waals surface area contributed by atoms with Gasteiger partial charge in [0, 0.05) is 51.9 Å². The first-order valence-corrected chi connectivity index (χ1v) is 12.2. The molecule has 1 radical (unpaired) electrons. The van der Waals surface area contributed by atoms with Crippen LogP contribution in [0.4, 0.5) is 14.5 Å². The number of hydrogen-bond donors (Lipinski definition) is 3. The Kier molecular flexibility index (Phi) is 11.2. The van der Waals surface area contributed by atoms with Crippen molar-refractivity contribution in [3.8, 4) is 5.75 Å². The summed E-state index contributed by atoms with van der Waals surface area (Å²) in [6, 6.07) is 15.9. The summed E-state index contributed by atoms with van der Waals surface area (Å²) in [7, 11) is 2.92. The maximum absolute atomic E-state index is 13.7. The first-order chi connectivity index (χ1) is 18.6. The van der Waals surface area contributed by atoms with Gasteiger partial charge in [-0.1, -0.05) is 6.07 Å². The molecule has 3 aromatic carbocycles. The molecule has 1 aliphatic rings. The topological polar surface area (TPSA) is 107 Å². The minimum absolute atomic E-state index is 0. The second-order valence-corrected chi connectivity index (χ2v) is 9.02. The molecule has 0 spiro atoms. The molecule has 1 heterocycles. The fraction of sp³-hybridized carbons (Fsp3) is 0.233. The van der Waals surface area contributed by atoms with Gasteiger partial charge >= 0.3 is 5.97 Å². The molecule has 0 saturated heterocycles. The first-order valence-electron chi connectivity index (χ1n) is 12.2. The predicted octanol–water partition coefficient (Wildman–Crippen LogP) is 6.20. The molecule has 40 heavy (non-hydrogen) atoms. The van der Waals surface area contributed by atoms with Crippen LogP contribution in [0.25, 0.3) is 0 Å². The normalized spacial score (nSPS) is 16.2. The van der Waals surface area contributed by atoms with Crippen LogP contribution in [-0.2, 0) is 33.4 Å². The Balaban J connectivity index is 0.000000339. The van der Waals surface area contributed by atoms with Gasteiger partial charge in [-0.25, -0.2) is 13.6 Å². The van der Waals surface area contributed by atoms with Crippen LogP contribution in [0.1, 0.15) is 40.9 Å². The van der Waals surface area contributed by atoms with Crippen LogP contribution >= 0.6 is 0 Å². The van der Waals surface area contributed by atoms with Crippen LogP contribution in [0.15, 0.2) is 72.4 Å². The van der Waals surface area contributed by atoms with E-state index in [1.165, 1.54) is 43.7 Å². The van der Waals surface area contributed by atoms with E-state index in [1.54, 1.807) is 19.3 Å². The van der Waals surface area contributed by atoms with Gasteiger partial charge in [-0.15, -0.1) is 0 Å². The van der Waals surface area contributed by atoms with Crippen LogP contribution in [0.3, 0.4) is 0 Å². The Bertz CT molecular complexity index is 1410. The Labute approximate surface area is 242 Å². The molecule has 7 nitrogen and oxygen atoms in total. The number of ether oxygens (including phenoxy) is 2. The number of nitrogens with one attached hydrogen (secondary N) is 2. The van der Waals surface area contributed by atoms with Gasteiger partial charge in [0.1, 0.15) is 5.75 Å². The van der Waals surface area contributed by atoms with Gasteiger partial charge in [0.25, 0.3) is 0 Å². The van der Waals surface area contributed by atoms with E-state index in [0.29, 0.717) is 23.1 Å². The third-order valence-corrected chi connectivity index (χ3v) is 6.62. The zero-order valence-electron chi connectivity index (χ0n) is 22.6. The Morgan fingerprint density at radius 3 is 2.20 bits per heavy atom. The van der Waals surface area contributed by atoms with Gasteiger partial charge in [0.05, 0.1) is 19.8 Å². The average molecular weight is 595 g/mol. The maximum Gasteiger partial charge on any atom is 0.337 e. The largest absolute Gasteiger partial charge is 0.497 e. The van der Waals surface area contributed by atoms with Crippen LogP contribution in [0.2, 0.25) is 0 Å². The third kappa shape index (κ3) is 6.75. The number of methoxy groups -OCH3 is 2. The molecular formula is C30H31CoF2N3O4. The Morgan fingerprint density at radius 2 is 1.68 bits per heavy atom. The zero-order valence-corrected chi connectivity index (χ0v) is 23.6. The van der Waals surface area contributed by atoms with Crippen molar-refractivity contribution in [2.24, 2.45) is 0 Å². The van der Waals surface area contributed by atoms with Gasteiger partial charge in [-0.3, -0.25) is 5.41 Å².